The molecule has 1 heterocycles. The Morgan fingerprint density at radius 2 is 2.19 bits per heavy atom. The van der Waals surface area contributed by atoms with Crippen molar-refractivity contribution < 1.29 is 9.18 Å². The molecule has 0 saturated heterocycles. The van der Waals surface area contributed by atoms with Gasteiger partial charge in [-0.15, -0.1) is 0 Å². The first-order valence-electron chi connectivity index (χ1n) is 5.02. The first-order chi connectivity index (χ1) is 7.33. The molecule has 88 valence electrons. The van der Waals surface area contributed by atoms with Gasteiger partial charge in [-0.3, -0.25) is 15.1 Å². The van der Waals surface area contributed by atoms with Crippen molar-refractivity contribution in [2.75, 3.05) is 0 Å². The minimum Gasteiger partial charge on any atom is -0.368 e. The molecule has 0 spiro atoms. The zero-order valence-corrected chi connectivity index (χ0v) is 9.62. The first kappa shape index (κ1) is 12.6. The van der Waals surface area contributed by atoms with Gasteiger partial charge in [0.1, 0.15) is 5.82 Å². The van der Waals surface area contributed by atoms with Crippen LogP contribution in [-0.4, -0.2) is 16.4 Å². The molecule has 0 bridgehead atoms. The van der Waals surface area contributed by atoms with Crippen LogP contribution in [-0.2, 0) is 4.79 Å². The molecule has 1 atom stereocenters. The van der Waals surface area contributed by atoms with E-state index in [0.29, 0.717) is 5.69 Å². The standard InChI is InChI=1S/C11H16FN3O/c1-7(15-11(2,3)10(13)16)9-5-4-8(12)6-14-9/h4-7,15H,1-3H3,(H2,13,16). The van der Waals surface area contributed by atoms with Crippen LogP contribution in [0.2, 0.25) is 0 Å². The van der Waals surface area contributed by atoms with E-state index < -0.39 is 11.4 Å². The van der Waals surface area contributed by atoms with E-state index in [2.05, 4.69) is 10.3 Å². The number of hydrogen-bond acceptors (Lipinski definition) is 3. The lowest BCUT2D eigenvalue weighted by Gasteiger charge is -2.26. The van der Waals surface area contributed by atoms with Crippen LogP contribution < -0.4 is 11.1 Å². The van der Waals surface area contributed by atoms with Gasteiger partial charge in [-0.05, 0) is 32.9 Å². The van der Waals surface area contributed by atoms with E-state index in [1.165, 1.54) is 6.07 Å². The lowest BCUT2D eigenvalue weighted by atomic mass is 10.0. The number of halogens is 1. The summed E-state index contributed by atoms with van der Waals surface area (Å²) in [7, 11) is 0. The lowest BCUT2D eigenvalue weighted by molar-refractivity contribution is -0.123. The van der Waals surface area contributed by atoms with Crippen molar-refractivity contribution in [3.8, 4) is 0 Å². The summed E-state index contributed by atoms with van der Waals surface area (Å²) < 4.78 is 12.7. The highest BCUT2D eigenvalue weighted by Gasteiger charge is 2.27. The van der Waals surface area contributed by atoms with Crippen molar-refractivity contribution in [3.63, 3.8) is 0 Å². The fourth-order valence-corrected chi connectivity index (χ4v) is 1.33. The molecule has 0 aliphatic heterocycles. The highest BCUT2D eigenvalue weighted by molar-refractivity contribution is 5.83. The Bertz CT molecular complexity index is 375. The van der Waals surface area contributed by atoms with Gasteiger partial charge in [-0.2, -0.15) is 0 Å². The third-order valence-electron chi connectivity index (χ3n) is 2.39. The molecular weight excluding hydrogens is 209 g/mol. The number of carbonyl (C=O) groups excluding carboxylic acids is 1. The fraction of sp³-hybridized carbons (Fsp3) is 0.455. The van der Waals surface area contributed by atoms with E-state index in [0.717, 1.165) is 6.20 Å². The number of nitrogens with zero attached hydrogens (tertiary/aromatic N) is 1. The van der Waals surface area contributed by atoms with Crippen LogP contribution in [0, 0.1) is 5.82 Å². The molecule has 3 N–H and O–H groups in total. The summed E-state index contributed by atoms with van der Waals surface area (Å²) in [5.41, 5.74) is 5.08. The zero-order valence-electron chi connectivity index (χ0n) is 9.62. The average Bonchev–Trinajstić information content (AvgIpc) is 2.17. The minimum atomic E-state index is -0.824. The molecule has 4 nitrogen and oxygen atoms in total. The molecule has 1 unspecified atom stereocenters. The molecule has 16 heavy (non-hydrogen) atoms. The number of hydrogen-bond donors (Lipinski definition) is 2. The molecule has 0 aliphatic carbocycles. The molecule has 0 saturated carbocycles. The van der Waals surface area contributed by atoms with Gasteiger partial charge in [-0.25, -0.2) is 4.39 Å². The Labute approximate surface area is 94.1 Å². The monoisotopic (exact) mass is 225 g/mol. The van der Waals surface area contributed by atoms with Crippen molar-refractivity contribution in [2.45, 2.75) is 32.4 Å². The predicted molar refractivity (Wildman–Crippen MR) is 59.0 cm³/mol. The minimum absolute atomic E-state index is 0.178. The Morgan fingerprint density at radius 1 is 1.56 bits per heavy atom. The number of pyridine rings is 1. The maximum absolute atomic E-state index is 12.7. The lowest BCUT2D eigenvalue weighted by Crippen LogP contribution is -2.51. The molecule has 1 aromatic rings. The summed E-state index contributed by atoms with van der Waals surface area (Å²) in [6.07, 6.45) is 1.14. The second-order valence-electron chi connectivity index (χ2n) is 4.26. The predicted octanol–water partition coefficient (Wildman–Crippen LogP) is 1.14. The van der Waals surface area contributed by atoms with E-state index in [9.17, 15) is 9.18 Å². The Hall–Kier alpha value is -1.49. The molecule has 5 heteroatoms. The second-order valence-corrected chi connectivity index (χ2v) is 4.26. The molecule has 0 aliphatic rings. The van der Waals surface area contributed by atoms with Gasteiger partial charge in [0.15, 0.2) is 0 Å². The van der Waals surface area contributed by atoms with Crippen LogP contribution in [0.5, 0.6) is 0 Å². The largest absolute Gasteiger partial charge is 0.368 e. The number of nitrogens with one attached hydrogen (secondary N) is 1. The number of primary amides is 1. The van der Waals surface area contributed by atoms with Gasteiger partial charge in [0.05, 0.1) is 17.4 Å². The number of nitrogens with two attached hydrogens (primary N) is 1. The van der Waals surface area contributed by atoms with Crippen LogP contribution in [0.1, 0.15) is 32.5 Å². The zero-order chi connectivity index (χ0) is 12.3. The van der Waals surface area contributed by atoms with E-state index in [1.54, 1.807) is 19.9 Å². The Kier molecular flexibility index (Phi) is 3.59. The van der Waals surface area contributed by atoms with Gasteiger partial charge in [0, 0.05) is 6.04 Å². The van der Waals surface area contributed by atoms with Gasteiger partial charge in [-0.1, -0.05) is 0 Å². The maximum atomic E-state index is 12.7. The van der Waals surface area contributed by atoms with Gasteiger partial charge >= 0.3 is 0 Å². The second kappa shape index (κ2) is 4.57. The molecular formula is C11H16FN3O. The normalized spacial score (nSPS) is 13.5. The SMILES string of the molecule is CC(NC(C)(C)C(N)=O)c1ccc(F)cn1. The topological polar surface area (TPSA) is 68.0 Å². The summed E-state index contributed by atoms with van der Waals surface area (Å²) >= 11 is 0. The van der Waals surface area contributed by atoms with Crippen LogP contribution in [0.15, 0.2) is 18.3 Å². The van der Waals surface area contributed by atoms with E-state index >= 15 is 0 Å². The van der Waals surface area contributed by atoms with Gasteiger partial charge in [0.2, 0.25) is 5.91 Å². The Morgan fingerprint density at radius 3 is 2.62 bits per heavy atom. The van der Waals surface area contributed by atoms with Crippen LogP contribution >= 0.6 is 0 Å². The summed E-state index contributed by atoms with van der Waals surface area (Å²) in [6.45, 7) is 5.22. The summed E-state index contributed by atoms with van der Waals surface area (Å²) in [6, 6.07) is 2.73. The highest BCUT2D eigenvalue weighted by atomic mass is 19.1. The van der Waals surface area contributed by atoms with Crippen molar-refractivity contribution in [2.24, 2.45) is 5.73 Å². The number of amides is 1. The van der Waals surface area contributed by atoms with Crippen molar-refractivity contribution in [3.05, 3.63) is 29.8 Å². The molecule has 0 fully saturated rings. The maximum Gasteiger partial charge on any atom is 0.237 e. The quantitative estimate of drug-likeness (QED) is 0.807. The number of rotatable bonds is 4. The third kappa shape index (κ3) is 3.00. The van der Waals surface area contributed by atoms with E-state index in [4.69, 9.17) is 5.73 Å². The number of carbonyl (C=O) groups is 1. The molecule has 0 aromatic carbocycles. The fourth-order valence-electron chi connectivity index (χ4n) is 1.33. The van der Waals surface area contributed by atoms with Gasteiger partial charge in [0.25, 0.3) is 0 Å². The Balaban J connectivity index is 2.76. The van der Waals surface area contributed by atoms with Gasteiger partial charge < -0.3 is 5.73 Å². The molecule has 1 aromatic heterocycles. The molecule has 1 amide bonds. The van der Waals surface area contributed by atoms with Crippen molar-refractivity contribution in [1.82, 2.24) is 10.3 Å². The third-order valence-corrected chi connectivity index (χ3v) is 2.39. The summed E-state index contributed by atoms with van der Waals surface area (Å²) in [4.78, 5) is 15.1. The van der Waals surface area contributed by atoms with Crippen LogP contribution in [0.3, 0.4) is 0 Å². The smallest absolute Gasteiger partial charge is 0.237 e. The van der Waals surface area contributed by atoms with E-state index in [1.807, 2.05) is 6.92 Å². The van der Waals surface area contributed by atoms with Crippen molar-refractivity contribution in [1.29, 1.82) is 0 Å². The summed E-state index contributed by atoms with van der Waals surface area (Å²) in [5, 5.41) is 3.03. The molecule has 1 rings (SSSR count). The average molecular weight is 225 g/mol. The highest BCUT2D eigenvalue weighted by Crippen LogP contribution is 2.14. The van der Waals surface area contributed by atoms with E-state index in [-0.39, 0.29) is 11.9 Å². The molecule has 0 radical (unpaired) electrons. The first-order valence-corrected chi connectivity index (χ1v) is 5.02. The number of aromatic nitrogens is 1. The van der Waals surface area contributed by atoms with Crippen molar-refractivity contribution >= 4 is 5.91 Å². The van der Waals surface area contributed by atoms with Crippen LogP contribution in [0.4, 0.5) is 4.39 Å². The van der Waals surface area contributed by atoms with Crippen LogP contribution in [0.25, 0.3) is 0 Å². The summed E-state index contributed by atoms with van der Waals surface area (Å²) in [5.74, 6) is -0.827.